The van der Waals surface area contributed by atoms with Crippen LogP contribution < -0.4 is 0 Å². The van der Waals surface area contributed by atoms with Gasteiger partial charge in [0.15, 0.2) is 0 Å². The molecule has 1 aromatic carbocycles. The highest BCUT2D eigenvalue weighted by atomic mass is 16.3. The lowest BCUT2D eigenvalue weighted by atomic mass is 10.1. The second-order valence-corrected chi connectivity index (χ2v) is 6.99. The Bertz CT molecular complexity index is 927. The molecule has 1 aliphatic rings. The molecule has 6 nitrogen and oxygen atoms in total. The van der Waals surface area contributed by atoms with E-state index in [0.29, 0.717) is 5.56 Å². The lowest BCUT2D eigenvalue weighted by Gasteiger charge is -2.21. The van der Waals surface area contributed by atoms with E-state index in [1.165, 1.54) is 0 Å². The minimum absolute atomic E-state index is 0.0910. The van der Waals surface area contributed by atoms with Crippen molar-refractivity contribution in [2.45, 2.75) is 19.9 Å². The SMILES string of the molecule is Cc1ccc(CN2CCCN(C(=O)c3ccc4c(c3)ncn4C)CC2)o1. The van der Waals surface area contributed by atoms with Crippen molar-refractivity contribution in [1.29, 1.82) is 0 Å². The summed E-state index contributed by atoms with van der Waals surface area (Å²) in [6.07, 6.45) is 2.75. The fourth-order valence-corrected chi connectivity index (χ4v) is 3.57. The van der Waals surface area contributed by atoms with Crippen LogP contribution in [-0.4, -0.2) is 51.4 Å². The number of carbonyl (C=O) groups is 1. The van der Waals surface area contributed by atoms with Gasteiger partial charge in [0.25, 0.3) is 5.91 Å². The zero-order chi connectivity index (χ0) is 18.1. The molecule has 6 heteroatoms. The van der Waals surface area contributed by atoms with Gasteiger partial charge in [0, 0.05) is 38.8 Å². The number of hydrogen-bond donors (Lipinski definition) is 0. The minimum Gasteiger partial charge on any atom is -0.465 e. The molecule has 1 fully saturated rings. The average molecular weight is 352 g/mol. The zero-order valence-corrected chi connectivity index (χ0v) is 15.3. The quantitative estimate of drug-likeness (QED) is 0.727. The Balaban J connectivity index is 1.43. The third-order valence-corrected chi connectivity index (χ3v) is 5.02. The summed E-state index contributed by atoms with van der Waals surface area (Å²) in [5.41, 5.74) is 2.62. The van der Waals surface area contributed by atoms with E-state index >= 15 is 0 Å². The second-order valence-electron chi connectivity index (χ2n) is 6.99. The van der Waals surface area contributed by atoms with E-state index in [0.717, 1.165) is 61.7 Å². The van der Waals surface area contributed by atoms with Gasteiger partial charge in [-0.05, 0) is 43.7 Å². The van der Waals surface area contributed by atoms with Crippen LogP contribution in [0.3, 0.4) is 0 Å². The maximum Gasteiger partial charge on any atom is 0.253 e. The van der Waals surface area contributed by atoms with E-state index in [4.69, 9.17) is 4.42 Å². The summed E-state index contributed by atoms with van der Waals surface area (Å²) in [7, 11) is 1.96. The molecule has 3 heterocycles. The number of carbonyl (C=O) groups excluding carboxylic acids is 1. The number of hydrogen-bond acceptors (Lipinski definition) is 4. The fourth-order valence-electron chi connectivity index (χ4n) is 3.57. The van der Waals surface area contributed by atoms with Gasteiger partial charge in [-0.1, -0.05) is 0 Å². The molecule has 3 aromatic rings. The standard InChI is InChI=1S/C20H24N4O2/c1-15-4-6-17(26-15)13-23-8-3-9-24(11-10-23)20(25)16-5-7-19-18(12-16)21-14-22(19)2/h4-7,12,14H,3,8-11,13H2,1-2H3. The van der Waals surface area contributed by atoms with Crippen LogP contribution in [0.25, 0.3) is 11.0 Å². The highest BCUT2D eigenvalue weighted by Crippen LogP contribution is 2.17. The number of aryl methyl sites for hydroxylation is 2. The number of imidazole rings is 1. The monoisotopic (exact) mass is 352 g/mol. The Hall–Kier alpha value is -2.60. The first kappa shape index (κ1) is 16.8. The molecule has 0 unspecified atom stereocenters. The molecule has 0 aliphatic carbocycles. The van der Waals surface area contributed by atoms with Crippen molar-refractivity contribution in [3.63, 3.8) is 0 Å². The van der Waals surface area contributed by atoms with Crippen molar-refractivity contribution in [1.82, 2.24) is 19.4 Å². The summed E-state index contributed by atoms with van der Waals surface area (Å²) < 4.78 is 7.64. The highest BCUT2D eigenvalue weighted by molar-refractivity contribution is 5.97. The van der Waals surface area contributed by atoms with Gasteiger partial charge in [-0.2, -0.15) is 0 Å². The summed E-state index contributed by atoms with van der Waals surface area (Å²) >= 11 is 0. The van der Waals surface area contributed by atoms with Crippen LogP contribution in [0.15, 0.2) is 41.1 Å². The van der Waals surface area contributed by atoms with Crippen molar-refractivity contribution >= 4 is 16.9 Å². The highest BCUT2D eigenvalue weighted by Gasteiger charge is 2.21. The van der Waals surface area contributed by atoms with Crippen LogP contribution in [0.5, 0.6) is 0 Å². The molecule has 1 aliphatic heterocycles. The van der Waals surface area contributed by atoms with Gasteiger partial charge in [-0.25, -0.2) is 4.98 Å². The number of furan rings is 1. The molecule has 1 saturated heterocycles. The van der Waals surface area contributed by atoms with Crippen LogP contribution >= 0.6 is 0 Å². The van der Waals surface area contributed by atoms with Gasteiger partial charge in [-0.15, -0.1) is 0 Å². The Labute approximate surface area is 153 Å². The van der Waals surface area contributed by atoms with E-state index in [1.807, 2.05) is 53.8 Å². The molecular weight excluding hydrogens is 328 g/mol. The largest absolute Gasteiger partial charge is 0.465 e. The van der Waals surface area contributed by atoms with Gasteiger partial charge < -0.3 is 13.9 Å². The molecule has 4 rings (SSSR count). The molecule has 0 bridgehead atoms. The first-order valence-electron chi connectivity index (χ1n) is 9.08. The maximum atomic E-state index is 12.9. The molecule has 0 atom stereocenters. The predicted molar refractivity (Wildman–Crippen MR) is 100.0 cm³/mol. The van der Waals surface area contributed by atoms with Gasteiger partial charge in [0.2, 0.25) is 0 Å². The van der Waals surface area contributed by atoms with Crippen molar-refractivity contribution in [3.05, 3.63) is 53.7 Å². The van der Waals surface area contributed by atoms with Crippen LogP contribution in [-0.2, 0) is 13.6 Å². The van der Waals surface area contributed by atoms with Gasteiger partial charge in [-0.3, -0.25) is 9.69 Å². The first-order valence-corrected chi connectivity index (χ1v) is 9.08. The Morgan fingerprint density at radius 3 is 2.85 bits per heavy atom. The average Bonchev–Trinajstić information content (AvgIpc) is 3.13. The Morgan fingerprint density at radius 1 is 1.15 bits per heavy atom. The van der Waals surface area contributed by atoms with Crippen molar-refractivity contribution in [3.8, 4) is 0 Å². The maximum absolute atomic E-state index is 12.9. The molecule has 26 heavy (non-hydrogen) atoms. The smallest absolute Gasteiger partial charge is 0.253 e. The number of benzene rings is 1. The number of amides is 1. The molecular formula is C20H24N4O2. The van der Waals surface area contributed by atoms with E-state index in [9.17, 15) is 4.79 Å². The molecule has 1 amide bonds. The number of fused-ring (bicyclic) bond motifs is 1. The summed E-state index contributed by atoms with van der Waals surface area (Å²) in [4.78, 5) is 21.6. The topological polar surface area (TPSA) is 54.5 Å². The second kappa shape index (κ2) is 6.96. The summed E-state index contributed by atoms with van der Waals surface area (Å²) in [6, 6.07) is 9.80. The summed E-state index contributed by atoms with van der Waals surface area (Å²) in [5.74, 6) is 2.02. The lowest BCUT2D eigenvalue weighted by Crippen LogP contribution is -2.35. The number of nitrogens with zero attached hydrogens (tertiary/aromatic N) is 4. The van der Waals surface area contributed by atoms with Gasteiger partial charge in [0.1, 0.15) is 11.5 Å². The normalized spacial score (nSPS) is 16.2. The minimum atomic E-state index is 0.0910. The summed E-state index contributed by atoms with van der Waals surface area (Å²) in [6.45, 7) is 6.12. The van der Waals surface area contributed by atoms with Gasteiger partial charge >= 0.3 is 0 Å². The van der Waals surface area contributed by atoms with Crippen LogP contribution in [0.2, 0.25) is 0 Å². The van der Waals surface area contributed by atoms with E-state index < -0.39 is 0 Å². The number of aromatic nitrogens is 2. The zero-order valence-electron chi connectivity index (χ0n) is 15.3. The van der Waals surface area contributed by atoms with E-state index in [-0.39, 0.29) is 5.91 Å². The third kappa shape index (κ3) is 3.37. The Morgan fingerprint density at radius 2 is 2.04 bits per heavy atom. The lowest BCUT2D eigenvalue weighted by molar-refractivity contribution is 0.0761. The molecule has 0 N–H and O–H groups in total. The van der Waals surface area contributed by atoms with Crippen molar-refractivity contribution in [2.24, 2.45) is 7.05 Å². The molecule has 0 saturated carbocycles. The van der Waals surface area contributed by atoms with Gasteiger partial charge in [0.05, 0.1) is 23.9 Å². The Kier molecular flexibility index (Phi) is 4.51. The van der Waals surface area contributed by atoms with Crippen LogP contribution in [0.1, 0.15) is 28.3 Å². The van der Waals surface area contributed by atoms with Crippen LogP contribution in [0, 0.1) is 6.92 Å². The molecule has 2 aromatic heterocycles. The third-order valence-electron chi connectivity index (χ3n) is 5.02. The molecule has 0 radical (unpaired) electrons. The van der Waals surface area contributed by atoms with E-state index in [1.54, 1.807) is 6.33 Å². The van der Waals surface area contributed by atoms with E-state index in [2.05, 4.69) is 9.88 Å². The van der Waals surface area contributed by atoms with Crippen molar-refractivity contribution in [2.75, 3.05) is 26.2 Å². The van der Waals surface area contributed by atoms with Crippen LogP contribution in [0.4, 0.5) is 0 Å². The molecule has 0 spiro atoms. The fraction of sp³-hybridized carbons (Fsp3) is 0.400. The van der Waals surface area contributed by atoms with Crippen molar-refractivity contribution < 1.29 is 9.21 Å². The predicted octanol–water partition coefficient (Wildman–Crippen LogP) is 2.82. The molecule has 136 valence electrons. The summed E-state index contributed by atoms with van der Waals surface area (Å²) in [5, 5.41) is 0. The number of rotatable bonds is 3. The first-order chi connectivity index (χ1) is 12.6.